The van der Waals surface area contributed by atoms with Crippen molar-refractivity contribution in [1.29, 1.82) is 0 Å². The second-order valence-corrected chi connectivity index (χ2v) is 10.2. The summed E-state index contributed by atoms with van der Waals surface area (Å²) in [7, 11) is 1.37. The number of amides is 1. The molecule has 2 aromatic heterocycles. The molecule has 1 fully saturated rings. The Morgan fingerprint density at radius 1 is 1.05 bits per heavy atom. The van der Waals surface area contributed by atoms with Gasteiger partial charge in [-0.3, -0.25) is 9.78 Å². The Bertz CT molecular complexity index is 1550. The first-order chi connectivity index (χ1) is 19.4. The van der Waals surface area contributed by atoms with Crippen LogP contribution in [-0.4, -0.2) is 45.1 Å². The zero-order valence-corrected chi connectivity index (χ0v) is 23.4. The number of aromatic nitrogens is 2. The number of rotatable bonds is 8. The third kappa shape index (κ3) is 5.60. The van der Waals surface area contributed by atoms with Crippen LogP contribution in [0.25, 0.3) is 5.69 Å². The average molecular weight is 554 g/mol. The van der Waals surface area contributed by atoms with Gasteiger partial charge in [-0.15, -0.1) is 0 Å². The molecular weight excluding hydrogens is 522 g/mol. The molecule has 0 radical (unpaired) electrons. The Morgan fingerprint density at radius 3 is 2.67 bits per heavy atom. The van der Waals surface area contributed by atoms with Gasteiger partial charge in [0.1, 0.15) is 0 Å². The lowest BCUT2D eigenvalue weighted by molar-refractivity contribution is -0.116. The number of nitrogens with one attached hydrogen (secondary N) is 2. The van der Waals surface area contributed by atoms with Gasteiger partial charge in [0.25, 0.3) is 0 Å². The highest BCUT2D eigenvalue weighted by atomic mass is 32.1. The molecule has 2 unspecified atom stereocenters. The highest BCUT2D eigenvalue weighted by Crippen LogP contribution is 2.39. The molecule has 40 heavy (non-hydrogen) atoms. The summed E-state index contributed by atoms with van der Waals surface area (Å²) >= 11 is 5.80. The number of benzene rings is 2. The van der Waals surface area contributed by atoms with Gasteiger partial charge in [-0.2, -0.15) is 0 Å². The van der Waals surface area contributed by atoms with Crippen molar-refractivity contribution >= 4 is 34.9 Å². The summed E-state index contributed by atoms with van der Waals surface area (Å²) in [6.45, 7) is 4.39. The summed E-state index contributed by atoms with van der Waals surface area (Å²) in [4.78, 5) is 31.9. The molecule has 8 nitrogen and oxygen atoms in total. The van der Waals surface area contributed by atoms with Gasteiger partial charge in [-0.25, -0.2) is 4.79 Å². The molecule has 2 N–H and O–H groups in total. The molecule has 1 aliphatic rings. The molecule has 2 aromatic carbocycles. The molecule has 2 atom stereocenters. The second kappa shape index (κ2) is 11.7. The van der Waals surface area contributed by atoms with Crippen LogP contribution < -0.4 is 10.6 Å². The van der Waals surface area contributed by atoms with E-state index in [0.717, 1.165) is 33.9 Å². The van der Waals surface area contributed by atoms with Crippen LogP contribution in [0.3, 0.4) is 0 Å². The smallest absolute Gasteiger partial charge is 0.337 e. The van der Waals surface area contributed by atoms with Crippen LogP contribution in [-0.2, 0) is 9.53 Å². The van der Waals surface area contributed by atoms with Crippen LogP contribution in [0.1, 0.15) is 51.4 Å². The Morgan fingerprint density at radius 2 is 1.90 bits per heavy atom. The number of methoxy groups -OCH3 is 1. The van der Waals surface area contributed by atoms with Gasteiger partial charge in [0.2, 0.25) is 5.91 Å². The average Bonchev–Trinajstić information content (AvgIpc) is 3.58. The fourth-order valence-electron chi connectivity index (χ4n) is 5.04. The molecule has 9 heteroatoms. The molecule has 1 amide bonds. The van der Waals surface area contributed by atoms with E-state index in [1.165, 1.54) is 7.11 Å². The maximum Gasteiger partial charge on any atom is 0.337 e. The number of anilines is 1. The molecule has 3 heterocycles. The van der Waals surface area contributed by atoms with Crippen molar-refractivity contribution in [2.24, 2.45) is 0 Å². The Labute approximate surface area is 239 Å². The van der Waals surface area contributed by atoms with E-state index in [4.69, 9.17) is 17.0 Å². The lowest BCUT2D eigenvalue weighted by atomic mass is 10.0. The second-order valence-electron chi connectivity index (χ2n) is 9.78. The number of carbonyl (C=O) groups excluding carboxylic acids is 2. The van der Waals surface area contributed by atoms with Crippen LogP contribution in [0.15, 0.2) is 85.2 Å². The number of aryl methyl sites for hydroxylation is 2. The normalized spacial score (nSPS) is 16.5. The topological polar surface area (TPSA) is 88.5 Å². The summed E-state index contributed by atoms with van der Waals surface area (Å²) in [6.07, 6.45) is 3.96. The predicted octanol–water partition coefficient (Wildman–Crippen LogP) is 5.28. The lowest BCUT2D eigenvalue weighted by Gasteiger charge is -2.29. The molecule has 1 aliphatic heterocycles. The van der Waals surface area contributed by atoms with Crippen molar-refractivity contribution in [3.63, 3.8) is 0 Å². The van der Waals surface area contributed by atoms with Crippen molar-refractivity contribution in [3.05, 3.63) is 113 Å². The van der Waals surface area contributed by atoms with Gasteiger partial charge in [-0.05, 0) is 85.7 Å². The maximum absolute atomic E-state index is 13.0. The van der Waals surface area contributed by atoms with E-state index in [-0.39, 0.29) is 24.4 Å². The molecule has 1 saturated heterocycles. The minimum absolute atomic E-state index is 0.0855. The van der Waals surface area contributed by atoms with Gasteiger partial charge >= 0.3 is 5.97 Å². The lowest BCUT2D eigenvalue weighted by Crippen LogP contribution is -2.33. The highest BCUT2D eigenvalue weighted by Gasteiger charge is 2.41. The predicted molar refractivity (Wildman–Crippen MR) is 158 cm³/mol. The summed E-state index contributed by atoms with van der Waals surface area (Å²) < 4.78 is 6.96. The van der Waals surface area contributed by atoms with Gasteiger partial charge in [0.05, 0.1) is 30.5 Å². The zero-order valence-electron chi connectivity index (χ0n) is 22.6. The quantitative estimate of drug-likeness (QED) is 0.227. The van der Waals surface area contributed by atoms with Gasteiger partial charge in [0, 0.05) is 42.4 Å². The minimum atomic E-state index is -0.401. The van der Waals surface area contributed by atoms with Crippen molar-refractivity contribution < 1.29 is 14.3 Å². The molecule has 0 aliphatic carbocycles. The van der Waals surface area contributed by atoms with E-state index in [2.05, 4.69) is 15.6 Å². The van der Waals surface area contributed by atoms with E-state index >= 15 is 0 Å². The van der Waals surface area contributed by atoms with Crippen molar-refractivity contribution in [2.75, 3.05) is 19.0 Å². The zero-order chi connectivity index (χ0) is 28.2. The van der Waals surface area contributed by atoms with Crippen LogP contribution >= 0.6 is 12.2 Å². The van der Waals surface area contributed by atoms with Crippen molar-refractivity contribution in [1.82, 2.24) is 19.8 Å². The SMILES string of the molecule is COC(=O)c1cccc(-n2cccc2C2C(c3ccccn3)NC(=S)N2CCC(=O)Nc2cc(C)ccc2C)c1. The van der Waals surface area contributed by atoms with Crippen LogP contribution in [0, 0.1) is 13.8 Å². The van der Waals surface area contributed by atoms with E-state index in [9.17, 15) is 9.59 Å². The number of nitrogens with zero attached hydrogens (tertiary/aromatic N) is 3. The molecule has 0 saturated carbocycles. The summed E-state index contributed by atoms with van der Waals surface area (Å²) in [5, 5.41) is 7.05. The summed E-state index contributed by atoms with van der Waals surface area (Å²) in [5.41, 5.74) is 5.97. The monoisotopic (exact) mass is 553 g/mol. The molecule has 0 bridgehead atoms. The van der Waals surface area contributed by atoms with Gasteiger partial charge in [0.15, 0.2) is 5.11 Å². The number of hydrogen-bond acceptors (Lipinski definition) is 5. The van der Waals surface area contributed by atoms with E-state index in [1.807, 2.05) is 90.2 Å². The first-order valence-electron chi connectivity index (χ1n) is 13.1. The van der Waals surface area contributed by atoms with Gasteiger partial charge in [-0.1, -0.05) is 24.3 Å². The number of thiocarbonyl (C=S) groups is 1. The number of esters is 1. The maximum atomic E-state index is 13.0. The van der Waals surface area contributed by atoms with Crippen LogP contribution in [0.5, 0.6) is 0 Å². The van der Waals surface area contributed by atoms with Crippen LogP contribution in [0.4, 0.5) is 5.69 Å². The number of ether oxygens (including phenoxy) is 1. The van der Waals surface area contributed by atoms with E-state index in [0.29, 0.717) is 17.2 Å². The largest absolute Gasteiger partial charge is 0.465 e. The van der Waals surface area contributed by atoms with E-state index in [1.54, 1.807) is 18.3 Å². The fraction of sp³-hybridized carbons (Fsp3) is 0.226. The molecule has 204 valence electrons. The molecule has 5 rings (SSSR count). The molecule has 0 spiro atoms. The third-order valence-corrected chi connectivity index (χ3v) is 7.43. The first kappa shape index (κ1) is 27.1. The Kier molecular flexibility index (Phi) is 7.93. The van der Waals surface area contributed by atoms with Crippen molar-refractivity contribution in [2.45, 2.75) is 32.4 Å². The minimum Gasteiger partial charge on any atom is -0.465 e. The van der Waals surface area contributed by atoms with Crippen LogP contribution in [0.2, 0.25) is 0 Å². The number of pyridine rings is 1. The fourth-order valence-corrected chi connectivity index (χ4v) is 5.38. The van der Waals surface area contributed by atoms with Crippen molar-refractivity contribution in [3.8, 4) is 5.69 Å². The Balaban J connectivity index is 1.46. The standard InChI is InChI=1S/C31H31N5O3S/c1-20-12-13-21(2)25(18-20)33-27(37)14-17-36-29(28(34-31(36)40)24-10-4-5-15-32-24)26-11-7-16-35(26)23-9-6-8-22(19-23)30(38)39-3/h4-13,15-16,18-19,28-29H,14,17H2,1-3H3,(H,33,37)(H,34,40). The van der Waals surface area contributed by atoms with Gasteiger partial charge < -0.3 is 24.8 Å². The number of hydrogen-bond donors (Lipinski definition) is 2. The van der Waals surface area contributed by atoms with E-state index < -0.39 is 5.97 Å². The Hall–Kier alpha value is -4.50. The highest BCUT2D eigenvalue weighted by molar-refractivity contribution is 7.80. The summed E-state index contributed by atoms with van der Waals surface area (Å²) in [6, 6.07) is 22.6. The molecular formula is C31H31N5O3S. The first-order valence-corrected chi connectivity index (χ1v) is 13.5. The molecule has 4 aromatic rings. The summed E-state index contributed by atoms with van der Waals surface area (Å²) in [5.74, 6) is -0.486. The third-order valence-electron chi connectivity index (χ3n) is 7.07. The number of carbonyl (C=O) groups is 2.